The maximum atomic E-state index is 9.46. The molecule has 1 fully saturated rings. The first-order valence-electron chi connectivity index (χ1n) is 10.7. The summed E-state index contributed by atoms with van der Waals surface area (Å²) < 4.78 is 2.14. The van der Waals surface area contributed by atoms with Gasteiger partial charge < -0.3 is 20.9 Å². The molecule has 0 amide bonds. The second-order valence-corrected chi connectivity index (χ2v) is 8.06. The molecule has 1 saturated heterocycles. The Bertz CT molecular complexity index is 1130. The Labute approximate surface area is 183 Å². The van der Waals surface area contributed by atoms with E-state index in [1.54, 1.807) is 0 Å². The molecular weight excluding hydrogens is 388 g/mol. The van der Waals surface area contributed by atoms with Crippen LogP contribution in [0.5, 0.6) is 0 Å². The standard InChI is InChI=1S/C23H30N8/c1-14-12-31(21-18(26-4)9-17(25-3)10-19(21)27-5)23-20(14)22(28-15(2)29-23)30-8-6-7-16(11-24)13-30/h9-10,12,16,25-27H,6-8,13H2,1-5H3. The molecule has 0 radical (unpaired) electrons. The molecule has 0 saturated carbocycles. The van der Waals surface area contributed by atoms with Gasteiger partial charge in [0.05, 0.1) is 34.4 Å². The summed E-state index contributed by atoms with van der Waals surface area (Å²) in [6.45, 7) is 5.66. The molecule has 3 N–H and O–H groups in total. The Kier molecular flexibility index (Phi) is 5.59. The van der Waals surface area contributed by atoms with E-state index in [4.69, 9.17) is 9.97 Å². The molecule has 8 heteroatoms. The minimum Gasteiger partial charge on any atom is -0.388 e. The van der Waals surface area contributed by atoms with Gasteiger partial charge in [-0.2, -0.15) is 5.26 Å². The molecule has 1 atom stereocenters. The van der Waals surface area contributed by atoms with E-state index in [9.17, 15) is 5.26 Å². The van der Waals surface area contributed by atoms with Gasteiger partial charge in [0, 0.05) is 46.1 Å². The lowest BCUT2D eigenvalue weighted by Crippen LogP contribution is -2.35. The maximum Gasteiger partial charge on any atom is 0.150 e. The number of hydrogen-bond donors (Lipinski definition) is 3. The Balaban J connectivity index is 1.95. The molecule has 31 heavy (non-hydrogen) atoms. The average Bonchev–Trinajstić information content (AvgIpc) is 3.12. The van der Waals surface area contributed by atoms with Crippen LogP contribution in [0.4, 0.5) is 22.9 Å². The molecule has 162 valence electrons. The normalized spacial score (nSPS) is 16.3. The Hall–Kier alpha value is -3.47. The summed E-state index contributed by atoms with van der Waals surface area (Å²) in [5.41, 5.74) is 6.02. The van der Waals surface area contributed by atoms with Crippen LogP contribution in [0.25, 0.3) is 16.7 Å². The number of rotatable bonds is 5. The number of piperidine rings is 1. The van der Waals surface area contributed by atoms with Gasteiger partial charge in [-0.15, -0.1) is 0 Å². The van der Waals surface area contributed by atoms with Gasteiger partial charge in [-0.05, 0) is 44.4 Å². The second-order valence-electron chi connectivity index (χ2n) is 8.06. The van der Waals surface area contributed by atoms with Crippen molar-refractivity contribution in [1.29, 1.82) is 5.26 Å². The zero-order valence-corrected chi connectivity index (χ0v) is 18.9. The summed E-state index contributed by atoms with van der Waals surface area (Å²) in [5, 5.41) is 20.4. The number of hydrogen-bond acceptors (Lipinski definition) is 7. The molecule has 0 aliphatic carbocycles. The van der Waals surface area contributed by atoms with E-state index in [2.05, 4.69) is 56.7 Å². The molecule has 1 aliphatic heterocycles. The minimum absolute atomic E-state index is 0.0438. The SMILES string of the molecule is CNc1cc(NC)c(-n2cc(C)c3c(N4CCCC(C#N)C4)nc(C)nc32)c(NC)c1. The first kappa shape index (κ1) is 20.8. The lowest BCUT2D eigenvalue weighted by molar-refractivity contribution is 0.491. The van der Waals surface area contributed by atoms with Gasteiger partial charge >= 0.3 is 0 Å². The number of benzene rings is 1. The van der Waals surface area contributed by atoms with Crippen LogP contribution in [0.3, 0.4) is 0 Å². The van der Waals surface area contributed by atoms with Crippen LogP contribution in [-0.4, -0.2) is 48.8 Å². The highest BCUT2D eigenvalue weighted by Crippen LogP contribution is 2.38. The van der Waals surface area contributed by atoms with Crippen LogP contribution < -0.4 is 20.9 Å². The van der Waals surface area contributed by atoms with Crippen LogP contribution in [0.15, 0.2) is 18.3 Å². The highest BCUT2D eigenvalue weighted by molar-refractivity contribution is 5.95. The van der Waals surface area contributed by atoms with Gasteiger partial charge in [-0.25, -0.2) is 9.97 Å². The number of aryl methyl sites for hydroxylation is 2. The van der Waals surface area contributed by atoms with Crippen LogP contribution in [0.1, 0.15) is 24.2 Å². The van der Waals surface area contributed by atoms with E-state index in [1.165, 1.54) is 0 Å². The van der Waals surface area contributed by atoms with Crippen molar-refractivity contribution in [2.24, 2.45) is 5.92 Å². The zero-order valence-electron chi connectivity index (χ0n) is 18.9. The fourth-order valence-corrected chi connectivity index (χ4v) is 4.48. The highest BCUT2D eigenvalue weighted by Gasteiger charge is 2.26. The van der Waals surface area contributed by atoms with Crippen molar-refractivity contribution in [2.75, 3.05) is 55.1 Å². The van der Waals surface area contributed by atoms with Crippen LogP contribution >= 0.6 is 0 Å². The predicted octanol–water partition coefficient (Wildman–Crippen LogP) is 3.90. The molecule has 3 aromatic rings. The van der Waals surface area contributed by atoms with E-state index in [0.717, 1.165) is 70.4 Å². The number of nitrogens with zero attached hydrogens (tertiary/aromatic N) is 5. The van der Waals surface area contributed by atoms with E-state index in [1.807, 2.05) is 28.1 Å². The molecular formula is C23H30N8. The van der Waals surface area contributed by atoms with Gasteiger partial charge in [0.25, 0.3) is 0 Å². The van der Waals surface area contributed by atoms with E-state index >= 15 is 0 Å². The summed E-state index contributed by atoms with van der Waals surface area (Å²) in [6, 6.07) is 6.62. The molecule has 0 spiro atoms. The number of aromatic nitrogens is 3. The van der Waals surface area contributed by atoms with Crippen LogP contribution in [0, 0.1) is 31.1 Å². The van der Waals surface area contributed by atoms with Crippen LogP contribution in [0.2, 0.25) is 0 Å². The van der Waals surface area contributed by atoms with Crippen molar-refractivity contribution in [3.05, 3.63) is 29.7 Å². The Morgan fingerprint density at radius 3 is 2.39 bits per heavy atom. The lowest BCUT2D eigenvalue weighted by Gasteiger charge is -2.31. The van der Waals surface area contributed by atoms with Crippen molar-refractivity contribution in [2.45, 2.75) is 26.7 Å². The van der Waals surface area contributed by atoms with Crippen molar-refractivity contribution in [3.63, 3.8) is 0 Å². The summed E-state index contributed by atoms with van der Waals surface area (Å²) in [5.74, 6) is 1.70. The first-order valence-corrected chi connectivity index (χ1v) is 10.7. The molecule has 1 aliphatic rings. The number of nitriles is 1. The number of nitrogens with one attached hydrogen (secondary N) is 3. The first-order chi connectivity index (χ1) is 15.0. The van der Waals surface area contributed by atoms with Gasteiger partial charge in [-0.3, -0.25) is 4.57 Å². The largest absolute Gasteiger partial charge is 0.388 e. The molecule has 4 rings (SSSR count). The minimum atomic E-state index is 0.0438. The fraction of sp³-hybridized carbons (Fsp3) is 0.435. The highest BCUT2D eigenvalue weighted by atomic mass is 15.2. The van der Waals surface area contributed by atoms with Gasteiger partial charge in [0.2, 0.25) is 0 Å². The van der Waals surface area contributed by atoms with Crippen molar-refractivity contribution < 1.29 is 0 Å². The topological polar surface area (TPSA) is 93.8 Å². The molecule has 3 heterocycles. The fourth-order valence-electron chi connectivity index (χ4n) is 4.48. The molecule has 2 aromatic heterocycles. The van der Waals surface area contributed by atoms with E-state index in [0.29, 0.717) is 6.54 Å². The predicted molar refractivity (Wildman–Crippen MR) is 128 cm³/mol. The lowest BCUT2D eigenvalue weighted by atomic mass is 9.99. The summed E-state index contributed by atoms with van der Waals surface area (Å²) in [7, 11) is 5.77. The van der Waals surface area contributed by atoms with E-state index in [-0.39, 0.29) is 5.92 Å². The van der Waals surface area contributed by atoms with Gasteiger partial charge in [-0.1, -0.05) is 0 Å². The van der Waals surface area contributed by atoms with Crippen molar-refractivity contribution in [1.82, 2.24) is 14.5 Å². The summed E-state index contributed by atoms with van der Waals surface area (Å²) >= 11 is 0. The number of fused-ring (bicyclic) bond motifs is 1. The molecule has 0 bridgehead atoms. The maximum absolute atomic E-state index is 9.46. The monoisotopic (exact) mass is 418 g/mol. The van der Waals surface area contributed by atoms with E-state index < -0.39 is 0 Å². The average molecular weight is 419 g/mol. The second kappa shape index (κ2) is 8.34. The number of anilines is 4. The van der Waals surface area contributed by atoms with Gasteiger partial charge in [0.15, 0.2) is 5.65 Å². The van der Waals surface area contributed by atoms with Gasteiger partial charge in [0.1, 0.15) is 11.6 Å². The van der Waals surface area contributed by atoms with Crippen molar-refractivity contribution >= 4 is 33.9 Å². The van der Waals surface area contributed by atoms with Crippen molar-refractivity contribution in [3.8, 4) is 11.8 Å². The summed E-state index contributed by atoms with van der Waals surface area (Å²) in [4.78, 5) is 11.9. The molecule has 8 nitrogen and oxygen atoms in total. The summed E-state index contributed by atoms with van der Waals surface area (Å²) in [6.07, 6.45) is 4.08. The Morgan fingerprint density at radius 2 is 1.77 bits per heavy atom. The quantitative estimate of drug-likeness (QED) is 0.578. The third-order valence-electron chi connectivity index (χ3n) is 6.01. The smallest absolute Gasteiger partial charge is 0.150 e. The Morgan fingerprint density at radius 1 is 1.06 bits per heavy atom. The third-order valence-corrected chi connectivity index (χ3v) is 6.01. The zero-order chi connectivity index (χ0) is 22.1. The molecule has 1 aromatic carbocycles. The van der Waals surface area contributed by atoms with Crippen LogP contribution in [-0.2, 0) is 0 Å². The third kappa shape index (κ3) is 3.61. The molecule has 1 unspecified atom stereocenters.